The van der Waals surface area contributed by atoms with Crippen LogP contribution in [0.5, 0.6) is 0 Å². The number of thiophene rings is 1. The number of rotatable bonds is 5. The van der Waals surface area contributed by atoms with Gasteiger partial charge >= 0.3 is 0 Å². The normalized spacial score (nSPS) is 12.1. The molecule has 6 nitrogen and oxygen atoms in total. The van der Waals surface area contributed by atoms with Crippen LogP contribution < -0.4 is 5.32 Å². The predicted octanol–water partition coefficient (Wildman–Crippen LogP) is 2.69. The average molecular weight is 328 g/mol. The minimum absolute atomic E-state index is 0.238. The predicted molar refractivity (Wildman–Crippen MR) is 88.5 cm³/mol. The molecule has 2 N–H and O–H groups in total. The molecule has 23 heavy (non-hydrogen) atoms. The van der Waals surface area contributed by atoms with Gasteiger partial charge in [-0.2, -0.15) is 0 Å². The van der Waals surface area contributed by atoms with Gasteiger partial charge < -0.3 is 10.4 Å². The van der Waals surface area contributed by atoms with Gasteiger partial charge in [0.25, 0.3) is 5.91 Å². The molecular formula is C16H16N4O2S. The molecule has 2 aromatic heterocycles. The molecule has 0 saturated carbocycles. The number of anilines is 1. The van der Waals surface area contributed by atoms with Crippen molar-refractivity contribution in [1.29, 1.82) is 0 Å². The Morgan fingerprint density at radius 1 is 1.35 bits per heavy atom. The van der Waals surface area contributed by atoms with Crippen molar-refractivity contribution in [3.05, 3.63) is 64.1 Å². The molecular weight excluding hydrogens is 312 g/mol. The number of amides is 1. The number of nitrogens with one attached hydrogen (secondary N) is 1. The summed E-state index contributed by atoms with van der Waals surface area (Å²) in [5, 5.41) is 22.4. The van der Waals surface area contributed by atoms with E-state index in [-0.39, 0.29) is 11.6 Å². The van der Waals surface area contributed by atoms with E-state index in [2.05, 4.69) is 15.6 Å². The lowest BCUT2D eigenvalue weighted by atomic mass is 10.1. The van der Waals surface area contributed by atoms with E-state index < -0.39 is 6.10 Å². The smallest absolute Gasteiger partial charge is 0.277 e. The van der Waals surface area contributed by atoms with Gasteiger partial charge in [-0.3, -0.25) is 4.79 Å². The van der Waals surface area contributed by atoms with Crippen molar-refractivity contribution in [1.82, 2.24) is 15.0 Å². The molecule has 3 rings (SSSR count). The van der Waals surface area contributed by atoms with Crippen molar-refractivity contribution in [2.24, 2.45) is 0 Å². The largest absolute Gasteiger partial charge is 0.389 e. The summed E-state index contributed by atoms with van der Waals surface area (Å²) in [5.41, 5.74) is 1.47. The summed E-state index contributed by atoms with van der Waals surface area (Å²) in [6.07, 6.45) is 0.945. The summed E-state index contributed by atoms with van der Waals surface area (Å²) < 4.78 is 1.63. The minimum Gasteiger partial charge on any atom is -0.389 e. The Labute approximate surface area is 137 Å². The number of para-hydroxylation sites is 1. The van der Waals surface area contributed by atoms with Gasteiger partial charge in [0.15, 0.2) is 5.69 Å². The number of carbonyl (C=O) groups excluding carboxylic acids is 1. The zero-order chi connectivity index (χ0) is 16.2. The lowest BCUT2D eigenvalue weighted by Crippen LogP contribution is -2.14. The van der Waals surface area contributed by atoms with Gasteiger partial charge in [0.05, 0.1) is 18.8 Å². The number of carbonyl (C=O) groups is 1. The minimum atomic E-state index is -0.666. The number of aliphatic hydroxyl groups excluding tert-OH is 1. The molecule has 7 heteroatoms. The van der Waals surface area contributed by atoms with E-state index >= 15 is 0 Å². The number of hydrogen-bond acceptors (Lipinski definition) is 5. The van der Waals surface area contributed by atoms with Crippen LogP contribution in [0.15, 0.2) is 48.0 Å². The Morgan fingerprint density at radius 2 is 2.17 bits per heavy atom. The van der Waals surface area contributed by atoms with E-state index in [1.54, 1.807) is 47.3 Å². The van der Waals surface area contributed by atoms with Gasteiger partial charge in [-0.1, -0.05) is 29.5 Å². The topological polar surface area (TPSA) is 80.0 Å². The third-order valence-electron chi connectivity index (χ3n) is 3.33. The van der Waals surface area contributed by atoms with Crippen molar-refractivity contribution in [2.45, 2.75) is 19.6 Å². The lowest BCUT2D eigenvalue weighted by Gasteiger charge is -2.11. The molecule has 1 atom stereocenters. The van der Waals surface area contributed by atoms with Crippen LogP contribution in [0.3, 0.4) is 0 Å². The summed E-state index contributed by atoms with van der Waals surface area (Å²) in [6, 6.07) is 11.1. The fourth-order valence-electron chi connectivity index (χ4n) is 2.20. The molecule has 1 amide bonds. The van der Waals surface area contributed by atoms with Crippen LogP contribution in [0.1, 0.15) is 34.0 Å². The van der Waals surface area contributed by atoms with Crippen molar-refractivity contribution in [2.75, 3.05) is 5.32 Å². The highest BCUT2D eigenvalue weighted by atomic mass is 32.1. The molecule has 0 bridgehead atoms. The van der Waals surface area contributed by atoms with Gasteiger partial charge in [0.2, 0.25) is 0 Å². The fourth-order valence-corrected chi connectivity index (χ4v) is 2.90. The molecule has 0 saturated heterocycles. The molecule has 3 aromatic rings. The summed E-state index contributed by atoms with van der Waals surface area (Å²) in [6.45, 7) is 2.24. The number of benzene rings is 1. The van der Waals surface area contributed by atoms with E-state index in [1.165, 1.54) is 0 Å². The SMILES string of the molecule is C[C@H](O)c1ccccc1NC(=O)c1cn(Cc2cccs2)nn1. The second-order valence-corrected chi connectivity index (χ2v) is 6.13. The summed E-state index contributed by atoms with van der Waals surface area (Å²) in [5.74, 6) is -0.351. The van der Waals surface area contributed by atoms with Crippen molar-refractivity contribution in [3.63, 3.8) is 0 Å². The maximum absolute atomic E-state index is 12.3. The summed E-state index contributed by atoms with van der Waals surface area (Å²) in [7, 11) is 0. The lowest BCUT2D eigenvalue weighted by molar-refractivity contribution is 0.102. The molecule has 0 aliphatic carbocycles. The molecule has 2 heterocycles. The number of hydrogen-bond donors (Lipinski definition) is 2. The Balaban J connectivity index is 1.73. The first-order chi connectivity index (χ1) is 11.1. The van der Waals surface area contributed by atoms with Crippen molar-refractivity contribution < 1.29 is 9.90 Å². The number of aromatic nitrogens is 3. The zero-order valence-electron chi connectivity index (χ0n) is 12.5. The molecule has 0 fully saturated rings. The van der Waals surface area contributed by atoms with Crippen LogP contribution in [-0.4, -0.2) is 26.0 Å². The highest BCUT2D eigenvalue weighted by molar-refractivity contribution is 7.09. The molecule has 0 radical (unpaired) electrons. The zero-order valence-corrected chi connectivity index (χ0v) is 13.3. The van der Waals surface area contributed by atoms with Gasteiger partial charge in [-0.15, -0.1) is 16.4 Å². The summed E-state index contributed by atoms with van der Waals surface area (Å²) >= 11 is 1.63. The van der Waals surface area contributed by atoms with Gasteiger partial charge in [0, 0.05) is 16.1 Å². The molecule has 118 valence electrons. The average Bonchev–Trinajstić information content (AvgIpc) is 3.20. The van der Waals surface area contributed by atoms with E-state index in [1.807, 2.05) is 23.6 Å². The van der Waals surface area contributed by atoms with E-state index in [0.29, 0.717) is 17.8 Å². The van der Waals surface area contributed by atoms with Gasteiger partial charge in [-0.25, -0.2) is 4.68 Å². The van der Waals surface area contributed by atoms with Gasteiger partial charge in [-0.05, 0) is 24.4 Å². The molecule has 0 aliphatic heterocycles. The van der Waals surface area contributed by atoms with Crippen LogP contribution in [-0.2, 0) is 6.54 Å². The van der Waals surface area contributed by atoms with E-state index in [0.717, 1.165) is 4.88 Å². The highest BCUT2D eigenvalue weighted by Gasteiger charge is 2.14. The quantitative estimate of drug-likeness (QED) is 0.754. The Hall–Kier alpha value is -2.51. The maximum Gasteiger partial charge on any atom is 0.277 e. The van der Waals surface area contributed by atoms with Crippen molar-refractivity contribution in [3.8, 4) is 0 Å². The Morgan fingerprint density at radius 3 is 2.91 bits per heavy atom. The Bertz CT molecular complexity index is 796. The first kappa shape index (κ1) is 15.4. The first-order valence-corrected chi connectivity index (χ1v) is 8.02. The fraction of sp³-hybridized carbons (Fsp3) is 0.188. The molecule has 0 unspecified atom stereocenters. The second kappa shape index (κ2) is 6.72. The number of aliphatic hydroxyl groups is 1. The second-order valence-electron chi connectivity index (χ2n) is 5.10. The Kier molecular flexibility index (Phi) is 4.50. The number of nitrogens with zero attached hydrogens (tertiary/aromatic N) is 3. The van der Waals surface area contributed by atoms with Gasteiger partial charge in [0.1, 0.15) is 0 Å². The third kappa shape index (κ3) is 3.64. The maximum atomic E-state index is 12.3. The molecule has 0 aliphatic rings. The summed E-state index contributed by atoms with van der Waals surface area (Å²) in [4.78, 5) is 13.4. The first-order valence-electron chi connectivity index (χ1n) is 7.14. The van der Waals surface area contributed by atoms with E-state index in [9.17, 15) is 9.90 Å². The van der Waals surface area contributed by atoms with Crippen LogP contribution in [0.2, 0.25) is 0 Å². The van der Waals surface area contributed by atoms with Crippen molar-refractivity contribution >= 4 is 22.9 Å². The van der Waals surface area contributed by atoms with Crippen LogP contribution >= 0.6 is 11.3 Å². The highest BCUT2D eigenvalue weighted by Crippen LogP contribution is 2.22. The van der Waals surface area contributed by atoms with Crippen LogP contribution in [0, 0.1) is 0 Å². The van der Waals surface area contributed by atoms with Crippen LogP contribution in [0.25, 0.3) is 0 Å². The molecule has 0 spiro atoms. The van der Waals surface area contributed by atoms with Crippen LogP contribution in [0.4, 0.5) is 5.69 Å². The monoisotopic (exact) mass is 328 g/mol. The van der Waals surface area contributed by atoms with E-state index in [4.69, 9.17) is 0 Å². The standard InChI is InChI=1S/C16H16N4O2S/c1-11(21)13-6-2-3-7-14(13)17-16(22)15-10-20(19-18-15)9-12-5-4-8-23-12/h2-8,10-11,21H,9H2,1H3,(H,17,22)/t11-/m0/s1. The molecule has 1 aromatic carbocycles. The third-order valence-corrected chi connectivity index (χ3v) is 4.19.